The average Bonchev–Trinajstić information content (AvgIpc) is 3.63. The number of sulfone groups is 1. The van der Waals surface area contributed by atoms with Crippen molar-refractivity contribution in [1.82, 2.24) is 0 Å². The molecular formula is C46H30O3S. The Morgan fingerprint density at radius 3 is 1.98 bits per heavy atom. The van der Waals surface area contributed by atoms with Crippen LogP contribution < -0.4 is 0 Å². The van der Waals surface area contributed by atoms with E-state index < -0.39 is 15.3 Å². The van der Waals surface area contributed by atoms with E-state index in [0.717, 1.165) is 90.4 Å². The highest BCUT2D eigenvalue weighted by molar-refractivity contribution is 7.91. The third-order valence-corrected chi connectivity index (χ3v) is 13.4. The van der Waals surface area contributed by atoms with Gasteiger partial charge in [0.25, 0.3) is 0 Å². The number of hydrogen-bond donors (Lipinski definition) is 0. The maximum Gasteiger partial charge on any atom is 0.207 e. The van der Waals surface area contributed by atoms with Crippen molar-refractivity contribution in [3.63, 3.8) is 0 Å². The van der Waals surface area contributed by atoms with Gasteiger partial charge in [-0.25, -0.2) is 8.42 Å². The van der Waals surface area contributed by atoms with E-state index in [1.54, 1.807) is 6.07 Å². The first kappa shape index (κ1) is 28.2. The van der Waals surface area contributed by atoms with Crippen LogP contribution in [0.5, 0.6) is 0 Å². The van der Waals surface area contributed by atoms with Crippen LogP contribution in [-0.2, 0) is 21.7 Å². The van der Waals surface area contributed by atoms with Gasteiger partial charge in [0.1, 0.15) is 11.2 Å². The highest BCUT2D eigenvalue weighted by Crippen LogP contribution is 2.64. The van der Waals surface area contributed by atoms with Gasteiger partial charge in [-0.15, -0.1) is 0 Å². The van der Waals surface area contributed by atoms with Crippen LogP contribution in [0, 0.1) is 0 Å². The van der Waals surface area contributed by atoms with Gasteiger partial charge in [0.2, 0.25) is 9.84 Å². The zero-order valence-corrected chi connectivity index (χ0v) is 27.9. The maximum absolute atomic E-state index is 15.0. The van der Waals surface area contributed by atoms with Crippen LogP contribution in [0.2, 0.25) is 0 Å². The molecule has 1 unspecified atom stereocenters. The summed E-state index contributed by atoms with van der Waals surface area (Å²) in [5.41, 5.74) is 12.8. The Kier molecular flexibility index (Phi) is 5.59. The van der Waals surface area contributed by atoms with E-state index in [2.05, 4.69) is 109 Å². The molecule has 0 amide bonds. The Morgan fingerprint density at radius 1 is 0.540 bits per heavy atom. The van der Waals surface area contributed by atoms with Crippen molar-refractivity contribution in [3.05, 3.63) is 191 Å². The molecule has 50 heavy (non-hydrogen) atoms. The molecule has 8 aromatic rings. The normalized spacial score (nSPS) is 17.3. The van der Waals surface area contributed by atoms with Crippen molar-refractivity contribution < 1.29 is 12.8 Å². The Morgan fingerprint density at radius 2 is 1.18 bits per heavy atom. The van der Waals surface area contributed by atoms with Gasteiger partial charge in [-0.2, -0.15) is 0 Å². The molecule has 0 N–H and O–H groups in total. The Hall–Kier alpha value is -5.71. The number of fused-ring (bicyclic) bond motifs is 16. The molecule has 1 atom stereocenters. The summed E-state index contributed by atoms with van der Waals surface area (Å²) in [4.78, 5) is 0.767. The lowest BCUT2D eigenvalue weighted by Crippen LogP contribution is -2.37. The van der Waals surface area contributed by atoms with Crippen LogP contribution >= 0.6 is 0 Å². The van der Waals surface area contributed by atoms with E-state index in [-0.39, 0.29) is 5.92 Å². The smallest absolute Gasteiger partial charge is 0.207 e. The minimum atomic E-state index is -3.87. The van der Waals surface area contributed by atoms with Gasteiger partial charge in [-0.3, -0.25) is 0 Å². The highest BCUT2D eigenvalue weighted by Gasteiger charge is 2.55. The van der Waals surface area contributed by atoms with Crippen molar-refractivity contribution in [2.75, 3.05) is 0 Å². The molecule has 7 aromatic carbocycles. The summed E-state index contributed by atoms with van der Waals surface area (Å²) >= 11 is 0. The van der Waals surface area contributed by atoms with E-state index in [1.165, 1.54) is 5.56 Å². The van der Waals surface area contributed by atoms with Crippen LogP contribution in [0.3, 0.4) is 0 Å². The summed E-state index contributed by atoms with van der Waals surface area (Å²) in [6.45, 7) is 0. The molecule has 11 rings (SSSR count). The van der Waals surface area contributed by atoms with E-state index in [1.807, 2.05) is 36.4 Å². The van der Waals surface area contributed by atoms with Crippen LogP contribution in [-0.4, -0.2) is 8.42 Å². The second-order valence-electron chi connectivity index (χ2n) is 13.8. The topological polar surface area (TPSA) is 47.3 Å². The summed E-state index contributed by atoms with van der Waals surface area (Å²) in [6.07, 6.45) is 1.72. The molecule has 0 saturated heterocycles. The van der Waals surface area contributed by atoms with Gasteiger partial charge in [0.05, 0.1) is 15.2 Å². The summed E-state index contributed by atoms with van der Waals surface area (Å²) in [5.74, 6) is -0.0317. The lowest BCUT2D eigenvalue weighted by molar-refractivity contribution is 0.580. The molecule has 0 saturated carbocycles. The van der Waals surface area contributed by atoms with Crippen LogP contribution in [0.15, 0.2) is 166 Å². The second-order valence-corrected chi connectivity index (χ2v) is 15.7. The number of furan rings is 1. The predicted molar refractivity (Wildman–Crippen MR) is 199 cm³/mol. The van der Waals surface area contributed by atoms with Gasteiger partial charge in [-0.1, -0.05) is 133 Å². The number of benzene rings is 7. The SMILES string of the molecule is O=S1(=O)c2ccccc2C2(c3ccccc3-c3ccccc32)c2c1ccc1c2-c2ccccc2CCC1c1cccc2c1oc1ccccc12. The summed E-state index contributed by atoms with van der Waals surface area (Å²) in [5, 5.41) is 2.21. The minimum absolute atomic E-state index is 0.0317. The third kappa shape index (κ3) is 3.42. The average molecular weight is 663 g/mol. The first-order chi connectivity index (χ1) is 24.6. The molecule has 4 heteroatoms. The van der Waals surface area contributed by atoms with E-state index in [4.69, 9.17) is 4.42 Å². The van der Waals surface area contributed by atoms with Gasteiger partial charge < -0.3 is 4.42 Å². The molecule has 0 fully saturated rings. The zero-order chi connectivity index (χ0) is 33.2. The molecule has 2 heterocycles. The molecule has 0 radical (unpaired) electrons. The summed E-state index contributed by atoms with van der Waals surface area (Å²) < 4.78 is 36.6. The zero-order valence-electron chi connectivity index (χ0n) is 27.1. The molecule has 2 aliphatic carbocycles. The summed E-state index contributed by atoms with van der Waals surface area (Å²) in [7, 11) is -3.87. The van der Waals surface area contributed by atoms with Crippen molar-refractivity contribution in [3.8, 4) is 22.3 Å². The first-order valence-corrected chi connectivity index (χ1v) is 18.8. The van der Waals surface area contributed by atoms with E-state index in [9.17, 15) is 8.42 Å². The summed E-state index contributed by atoms with van der Waals surface area (Å²) in [6, 6.07) is 52.2. The van der Waals surface area contributed by atoms with Gasteiger partial charge in [0, 0.05) is 22.3 Å². The van der Waals surface area contributed by atoms with Crippen molar-refractivity contribution in [1.29, 1.82) is 0 Å². The monoisotopic (exact) mass is 662 g/mol. The largest absolute Gasteiger partial charge is 0.456 e. The first-order valence-electron chi connectivity index (χ1n) is 17.3. The Balaban J connectivity index is 1.33. The molecule has 0 bridgehead atoms. The quantitative estimate of drug-likeness (QED) is 0.176. The minimum Gasteiger partial charge on any atom is -0.456 e. The van der Waals surface area contributed by atoms with Gasteiger partial charge in [-0.05, 0) is 86.7 Å². The van der Waals surface area contributed by atoms with E-state index in [0.29, 0.717) is 9.79 Å². The molecule has 238 valence electrons. The number of rotatable bonds is 1. The number of aryl methyl sites for hydroxylation is 1. The lowest BCUT2D eigenvalue weighted by Gasteiger charge is -2.42. The Labute approximate surface area is 290 Å². The fourth-order valence-corrected chi connectivity index (χ4v) is 11.4. The van der Waals surface area contributed by atoms with Crippen LogP contribution in [0.4, 0.5) is 0 Å². The second kappa shape index (κ2) is 9.93. The lowest BCUT2D eigenvalue weighted by atomic mass is 9.64. The number of hydrogen-bond acceptors (Lipinski definition) is 3. The molecule has 1 aromatic heterocycles. The van der Waals surface area contributed by atoms with Crippen molar-refractivity contribution >= 4 is 31.8 Å². The third-order valence-electron chi connectivity index (χ3n) is 11.6. The Bertz CT molecular complexity index is 2810. The van der Waals surface area contributed by atoms with Crippen LogP contribution in [0.25, 0.3) is 44.2 Å². The molecular weight excluding hydrogens is 633 g/mol. The van der Waals surface area contributed by atoms with E-state index >= 15 is 0 Å². The fraction of sp³-hybridized carbons (Fsp3) is 0.0870. The highest BCUT2D eigenvalue weighted by atomic mass is 32.2. The van der Waals surface area contributed by atoms with Crippen molar-refractivity contribution in [2.45, 2.75) is 34.0 Å². The fourth-order valence-electron chi connectivity index (χ4n) is 9.64. The predicted octanol–water partition coefficient (Wildman–Crippen LogP) is 10.8. The molecule has 1 aliphatic heterocycles. The molecule has 1 spiro atoms. The number of para-hydroxylation sites is 2. The van der Waals surface area contributed by atoms with Gasteiger partial charge in [0.15, 0.2) is 0 Å². The molecule has 3 aliphatic rings. The standard InChI is InChI=1S/C46H30O3S/c47-50(48)41-23-10-8-21-39(41)46(37-19-6-3-14-31(37)32-15-4-7-20-38(32)46)44-42(50)27-26-34-30(25-24-28-12-1-2-13-29(28)43(34)44)35-17-11-18-36-33-16-5-9-22-40(33)49-45(35)36/h1-23,26-27,30H,24-25H2. The maximum atomic E-state index is 15.0. The molecule has 3 nitrogen and oxygen atoms in total. The van der Waals surface area contributed by atoms with Crippen LogP contribution in [0.1, 0.15) is 51.3 Å². The van der Waals surface area contributed by atoms with Gasteiger partial charge >= 0.3 is 0 Å². The van der Waals surface area contributed by atoms with Crippen molar-refractivity contribution in [2.24, 2.45) is 0 Å².